The first-order valence-electron chi connectivity index (χ1n) is 11.4. The fraction of sp³-hybridized carbons (Fsp3) is 0.833. The summed E-state index contributed by atoms with van der Waals surface area (Å²) in [6, 6.07) is 0. The first-order valence-corrected chi connectivity index (χ1v) is 11.4. The third-order valence-electron chi connectivity index (χ3n) is 9.71. The van der Waals surface area contributed by atoms with Crippen LogP contribution in [0.4, 0.5) is 0 Å². The van der Waals surface area contributed by atoms with E-state index in [-0.39, 0.29) is 64.7 Å². The molecule has 0 saturated heterocycles. The van der Waals surface area contributed by atoms with Crippen molar-refractivity contribution in [2.75, 3.05) is 0 Å². The number of Topliss-reactive ketones (excluding diaryl/α,β-unsaturated/α-hetero) is 3. The number of rotatable bonds is 4. The van der Waals surface area contributed by atoms with Gasteiger partial charge in [-0.2, -0.15) is 0 Å². The Kier molecular flexibility index (Phi) is 5.02. The molecule has 4 saturated carbocycles. The van der Waals surface area contributed by atoms with Crippen LogP contribution < -0.4 is 5.11 Å². The summed E-state index contributed by atoms with van der Waals surface area (Å²) in [7, 11) is 0. The average Bonchev–Trinajstić information content (AvgIpc) is 3.01. The van der Waals surface area contributed by atoms with Crippen LogP contribution in [0, 0.1) is 46.3 Å². The van der Waals surface area contributed by atoms with Crippen molar-refractivity contribution in [1.29, 1.82) is 0 Å². The average molecular weight is 402 g/mol. The summed E-state index contributed by atoms with van der Waals surface area (Å²) in [5.74, 6) is 0.130. The van der Waals surface area contributed by atoms with Gasteiger partial charge < -0.3 is 9.90 Å². The van der Waals surface area contributed by atoms with Crippen LogP contribution in [0.5, 0.6) is 0 Å². The van der Waals surface area contributed by atoms with Crippen LogP contribution in [0.15, 0.2) is 0 Å². The van der Waals surface area contributed by atoms with E-state index in [0.717, 1.165) is 19.3 Å². The number of carbonyl (C=O) groups excluding carboxylic acids is 4. The van der Waals surface area contributed by atoms with E-state index >= 15 is 0 Å². The van der Waals surface area contributed by atoms with Gasteiger partial charge in [-0.15, -0.1) is 0 Å². The van der Waals surface area contributed by atoms with Gasteiger partial charge in [0.15, 0.2) is 0 Å². The largest absolute Gasteiger partial charge is 0.550 e. The molecule has 0 amide bonds. The molecule has 0 radical (unpaired) electrons. The number of carboxylic acid groups (broad SMARTS) is 1. The lowest BCUT2D eigenvalue weighted by atomic mass is 9.44. The number of carbonyl (C=O) groups is 4. The molecule has 0 aromatic carbocycles. The molecule has 8 atom stereocenters. The minimum absolute atomic E-state index is 0.0192. The molecule has 160 valence electrons. The second kappa shape index (κ2) is 7.02. The van der Waals surface area contributed by atoms with E-state index in [1.807, 2.05) is 6.92 Å². The Balaban J connectivity index is 1.63. The summed E-state index contributed by atoms with van der Waals surface area (Å²) >= 11 is 0. The van der Waals surface area contributed by atoms with Gasteiger partial charge in [0, 0.05) is 43.0 Å². The molecular weight excluding hydrogens is 368 g/mol. The Bertz CT molecular complexity index is 756. The second-order valence-corrected chi connectivity index (χ2v) is 10.8. The van der Waals surface area contributed by atoms with E-state index in [1.54, 1.807) is 0 Å². The van der Waals surface area contributed by atoms with Crippen LogP contribution in [-0.2, 0) is 19.2 Å². The highest BCUT2D eigenvalue weighted by atomic mass is 16.4. The maximum Gasteiger partial charge on any atom is 0.139 e. The van der Waals surface area contributed by atoms with Gasteiger partial charge >= 0.3 is 0 Å². The Morgan fingerprint density at radius 1 is 1.10 bits per heavy atom. The monoisotopic (exact) mass is 401 g/mol. The quantitative estimate of drug-likeness (QED) is 0.722. The van der Waals surface area contributed by atoms with Crippen molar-refractivity contribution in [2.45, 2.75) is 78.6 Å². The van der Waals surface area contributed by atoms with E-state index in [4.69, 9.17) is 0 Å². The minimum Gasteiger partial charge on any atom is -0.550 e. The molecule has 4 aliphatic carbocycles. The first-order chi connectivity index (χ1) is 13.6. The predicted octanol–water partition coefficient (Wildman–Crippen LogP) is 2.74. The van der Waals surface area contributed by atoms with E-state index in [0.29, 0.717) is 32.1 Å². The van der Waals surface area contributed by atoms with E-state index in [9.17, 15) is 24.3 Å². The Labute approximate surface area is 173 Å². The molecule has 4 fully saturated rings. The molecular formula is C24H33O5-. The maximum absolute atomic E-state index is 13.6. The van der Waals surface area contributed by atoms with Gasteiger partial charge in [0.05, 0.1) is 0 Å². The summed E-state index contributed by atoms with van der Waals surface area (Å²) in [6.07, 6.45) is 5.08. The number of hydrogen-bond donors (Lipinski definition) is 0. The van der Waals surface area contributed by atoms with Crippen molar-refractivity contribution < 1.29 is 24.3 Å². The van der Waals surface area contributed by atoms with E-state index in [2.05, 4.69) is 13.8 Å². The standard InChI is InChI=1S/C24H34O5/c1-13(4-7-21(28)29)16-5-6-17-22-18(12-20(27)24(16,17)3)23(2)9-8-15(25)10-14(23)11-19(22)26/h13-14,16-18,22H,4-12H2,1-3H3,(H,28,29)/p-1/t13-,14?,16-,17+,18+,22+,23+,24-/m1/s1. The maximum atomic E-state index is 13.6. The lowest BCUT2D eigenvalue weighted by Gasteiger charge is -2.58. The Hall–Kier alpha value is -1.52. The normalized spacial score (nSPS) is 45.3. The number of fused-ring (bicyclic) bond motifs is 5. The summed E-state index contributed by atoms with van der Waals surface area (Å²) in [5, 5.41) is 10.9. The van der Waals surface area contributed by atoms with Crippen LogP contribution in [0.2, 0.25) is 0 Å². The molecule has 5 heteroatoms. The zero-order valence-electron chi connectivity index (χ0n) is 17.9. The van der Waals surface area contributed by atoms with Crippen molar-refractivity contribution in [2.24, 2.45) is 46.3 Å². The highest BCUT2D eigenvalue weighted by molar-refractivity contribution is 5.93. The van der Waals surface area contributed by atoms with Crippen LogP contribution in [0.1, 0.15) is 78.6 Å². The van der Waals surface area contributed by atoms with Crippen LogP contribution in [0.3, 0.4) is 0 Å². The molecule has 0 spiro atoms. The smallest absolute Gasteiger partial charge is 0.139 e. The van der Waals surface area contributed by atoms with Gasteiger partial charge in [0.1, 0.15) is 17.3 Å². The molecule has 0 aliphatic heterocycles. The number of hydrogen-bond acceptors (Lipinski definition) is 5. The van der Waals surface area contributed by atoms with Crippen LogP contribution in [0.25, 0.3) is 0 Å². The van der Waals surface area contributed by atoms with E-state index < -0.39 is 11.4 Å². The predicted molar refractivity (Wildman–Crippen MR) is 104 cm³/mol. The SMILES string of the molecule is C[C@H](CCC(=O)[O-])[C@H]1CC[C@H]2[C@@H]3C(=O)CC4CC(=O)CC[C@]4(C)[C@H]3CC(=O)[C@]12C. The highest BCUT2D eigenvalue weighted by Gasteiger charge is 2.66. The zero-order chi connectivity index (χ0) is 21.1. The highest BCUT2D eigenvalue weighted by Crippen LogP contribution is 2.66. The van der Waals surface area contributed by atoms with Gasteiger partial charge in [0.2, 0.25) is 0 Å². The summed E-state index contributed by atoms with van der Waals surface area (Å²) in [5.41, 5.74) is -0.627. The third kappa shape index (κ3) is 3.02. The topological polar surface area (TPSA) is 91.3 Å². The van der Waals surface area contributed by atoms with Gasteiger partial charge in [-0.25, -0.2) is 0 Å². The van der Waals surface area contributed by atoms with Crippen molar-refractivity contribution in [3.8, 4) is 0 Å². The minimum atomic E-state index is -1.04. The number of ketones is 3. The van der Waals surface area contributed by atoms with Crippen molar-refractivity contribution in [3.63, 3.8) is 0 Å². The van der Waals surface area contributed by atoms with Gasteiger partial charge in [0.25, 0.3) is 0 Å². The zero-order valence-corrected chi connectivity index (χ0v) is 17.9. The first kappa shape index (κ1) is 20.7. The molecule has 4 aliphatic rings. The molecule has 0 bridgehead atoms. The number of carboxylic acids is 1. The Morgan fingerprint density at radius 3 is 2.52 bits per heavy atom. The third-order valence-corrected chi connectivity index (χ3v) is 9.71. The lowest BCUT2D eigenvalue weighted by Crippen LogP contribution is -2.60. The van der Waals surface area contributed by atoms with Crippen LogP contribution >= 0.6 is 0 Å². The van der Waals surface area contributed by atoms with Gasteiger partial charge in [-0.05, 0) is 67.1 Å². The van der Waals surface area contributed by atoms with Crippen molar-refractivity contribution in [1.82, 2.24) is 0 Å². The summed E-state index contributed by atoms with van der Waals surface area (Å²) in [6.45, 7) is 6.32. The summed E-state index contributed by atoms with van der Waals surface area (Å²) < 4.78 is 0. The van der Waals surface area contributed by atoms with E-state index in [1.165, 1.54) is 0 Å². The number of aliphatic carboxylic acids is 1. The van der Waals surface area contributed by atoms with Crippen molar-refractivity contribution in [3.05, 3.63) is 0 Å². The van der Waals surface area contributed by atoms with Crippen molar-refractivity contribution >= 4 is 23.3 Å². The molecule has 0 heterocycles. The molecule has 0 aromatic heterocycles. The molecule has 0 aromatic rings. The molecule has 1 unspecified atom stereocenters. The fourth-order valence-electron chi connectivity index (χ4n) is 7.94. The second-order valence-electron chi connectivity index (χ2n) is 10.8. The molecule has 4 rings (SSSR count). The van der Waals surface area contributed by atoms with Gasteiger partial charge in [-0.3, -0.25) is 14.4 Å². The Morgan fingerprint density at radius 2 is 1.83 bits per heavy atom. The molecule has 29 heavy (non-hydrogen) atoms. The molecule has 0 N–H and O–H groups in total. The van der Waals surface area contributed by atoms with Crippen LogP contribution in [-0.4, -0.2) is 23.3 Å². The lowest BCUT2D eigenvalue weighted by molar-refractivity contribution is -0.306. The summed E-state index contributed by atoms with van der Waals surface area (Å²) in [4.78, 5) is 49.8. The molecule has 5 nitrogen and oxygen atoms in total. The van der Waals surface area contributed by atoms with Gasteiger partial charge in [-0.1, -0.05) is 20.8 Å². The fourth-order valence-corrected chi connectivity index (χ4v) is 7.94.